The molecule has 184 valence electrons. The number of hydrogen-bond acceptors (Lipinski definition) is 5. The number of anilines is 1. The second kappa shape index (κ2) is 10.1. The third-order valence-corrected chi connectivity index (χ3v) is 6.71. The number of likely N-dealkylation sites (tertiary alicyclic amines) is 2. The van der Waals surface area contributed by atoms with Gasteiger partial charge in [0.05, 0.1) is 29.5 Å². The summed E-state index contributed by atoms with van der Waals surface area (Å²) in [5, 5.41) is 11.5. The first-order chi connectivity index (χ1) is 16.2. The molecule has 0 radical (unpaired) electrons. The van der Waals surface area contributed by atoms with Gasteiger partial charge in [0.1, 0.15) is 6.17 Å². The van der Waals surface area contributed by atoms with Gasteiger partial charge in [-0.2, -0.15) is 0 Å². The van der Waals surface area contributed by atoms with Gasteiger partial charge in [0.2, 0.25) is 5.91 Å². The third-order valence-electron chi connectivity index (χ3n) is 6.39. The van der Waals surface area contributed by atoms with Crippen LogP contribution in [0.1, 0.15) is 36.0 Å². The van der Waals surface area contributed by atoms with Crippen LogP contribution in [0.3, 0.4) is 0 Å². The van der Waals surface area contributed by atoms with Gasteiger partial charge in [-0.3, -0.25) is 19.8 Å². The standard InChI is InChI=1S/C22H26ClFN4O6/c23-15-2-1-13(11-17(15)28-10-6-19(29)25-21(28)31)20(30)26-7-3-14(4-8-26)34-18-5-9-27(22(32)33)12-16(18)24/h1-2,11,14,16,18H,3-10,12H2,(H,32,33)(H,25,29,31)/t16-,18-/m1/s1. The minimum absolute atomic E-state index is 0.142. The average Bonchev–Trinajstić information content (AvgIpc) is 2.81. The molecule has 3 heterocycles. The Morgan fingerprint density at radius 2 is 1.79 bits per heavy atom. The lowest BCUT2D eigenvalue weighted by molar-refractivity contribution is -0.120. The Morgan fingerprint density at radius 3 is 2.44 bits per heavy atom. The van der Waals surface area contributed by atoms with Crippen molar-refractivity contribution in [3.05, 3.63) is 28.8 Å². The van der Waals surface area contributed by atoms with Crippen LogP contribution in [-0.2, 0) is 9.53 Å². The third kappa shape index (κ3) is 5.25. The van der Waals surface area contributed by atoms with E-state index in [1.807, 2.05) is 0 Å². The van der Waals surface area contributed by atoms with E-state index in [2.05, 4.69) is 5.32 Å². The van der Waals surface area contributed by atoms with Crippen molar-refractivity contribution >= 4 is 41.2 Å². The Labute approximate surface area is 200 Å². The molecular weight excluding hydrogens is 471 g/mol. The zero-order valence-corrected chi connectivity index (χ0v) is 19.2. The lowest BCUT2D eigenvalue weighted by atomic mass is 10.0. The van der Waals surface area contributed by atoms with Gasteiger partial charge in [-0.25, -0.2) is 14.0 Å². The Kier molecular flexibility index (Phi) is 7.22. The van der Waals surface area contributed by atoms with Crippen molar-refractivity contribution in [3.8, 4) is 0 Å². The molecule has 4 rings (SSSR count). The molecule has 3 saturated heterocycles. The maximum atomic E-state index is 14.4. The predicted octanol–water partition coefficient (Wildman–Crippen LogP) is 2.50. The van der Waals surface area contributed by atoms with Crippen molar-refractivity contribution in [1.29, 1.82) is 0 Å². The summed E-state index contributed by atoms with van der Waals surface area (Å²) in [5.41, 5.74) is 0.728. The summed E-state index contributed by atoms with van der Waals surface area (Å²) in [6, 6.07) is 4.11. The number of benzene rings is 1. The van der Waals surface area contributed by atoms with E-state index in [1.54, 1.807) is 23.1 Å². The first kappa shape index (κ1) is 24.2. The van der Waals surface area contributed by atoms with Crippen LogP contribution in [0, 0.1) is 0 Å². The Hall–Kier alpha value is -2.92. The summed E-state index contributed by atoms with van der Waals surface area (Å²) in [6.07, 6.45) is -1.85. The fourth-order valence-electron chi connectivity index (χ4n) is 4.48. The van der Waals surface area contributed by atoms with E-state index in [0.717, 1.165) is 4.90 Å². The van der Waals surface area contributed by atoms with E-state index >= 15 is 0 Å². The van der Waals surface area contributed by atoms with Crippen LogP contribution in [0.15, 0.2) is 18.2 Å². The molecule has 10 nitrogen and oxygen atoms in total. The molecule has 3 fully saturated rings. The van der Waals surface area contributed by atoms with Crippen LogP contribution in [0.25, 0.3) is 0 Å². The second-order valence-electron chi connectivity index (χ2n) is 8.62. The minimum atomic E-state index is -1.38. The highest BCUT2D eigenvalue weighted by atomic mass is 35.5. The number of nitrogens with zero attached hydrogens (tertiary/aromatic N) is 3. The number of carbonyl (C=O) groups excluding carboxylic acids is 3. The molecule has 3 aliphatic rings. The van der Waals surface area contributed by atoms with Crippen LogP contribution in [0.5, 0.6) is 0 Å². The quantitative estimate of drug-likeness (QED) is 0.661. The van der Waals surface area contributed by atoms with Gasteiger partial charge < -0.3 is 19.6 Å². The highest BCUT2D eigenvalue weighted by Gasteiger charge is 2.35. The van der Waals surface area contributed by atoms with Crippen molar-refractivity contribution in [2.75, 3.05) is 37.6 Å². The maximum absolute atomic E-state index is 14.4. The van der Waals surface area contributed by atoms with Gasteiger partial charge in [0.25, 0.3) is 5.91 Å². The minimum Gasteiger partial charge on any atom is -0.465 e. The van der Waals surface area contributed by atoms with E-state index in [-0.39, 0.29) is 44.0 Å². The smallest absolute Gasteiger partial charge is 0.407 e. The zero-order valence-electron chi connectivity index (χ0n) is 18.4. The Balaban J connectivity index is 1.33. The summed E-state index contributed by atoms with van der Waals surface area (Å²) in [6.45, 7) is 1.06. The van der Waals surface area contributed by atoms with Gasteiger partial charge in [0.15, 0.2) is 0 Å². The summed E-state index contributed by atoms with van der Waals surface area (Å²) >= 11 is 6.26. The number of urea groups is 1. The Bertz CT molecular complexity index is 986. The van der Waals surface area contributed by atoms with Gasteiger partial charge in [0, 0.05) is 38.2 Å². The second-order valence-corrected chi connectivity index (χ2v) is 9.03. The highest BCUT2D eigenvalue weighted by Crippen LogP contribution is 2.30. The fraction of sp³-hybridized carbons (Fsp3) is 0.545. The number of carboxylic acid groups (broad SMARTS) is 1. The predicted molar refractivity (Wildman–Crippen MR) is 120 cm³/mol. The first-order valence-corrected chi connectivity index (χ1v) is 11.6. The topological polar surface area (TPSA) is 119 Å². The molecule has 0 saturated carbocycles. The lowest BCUT2D eigenvalue weighted by Gasteiger charge is -2.38. The summed E-state index contributed by atoms with van der Waals surface area (Å²) in [7, 11) is 0. The molecule has 12 heteroatoms. The van der Waals surface area contributed by atoms with E-state index in [1.165, 1.54) is 4.90 Å². The fourth-order valence-corrected chi connectivity index (χ4v) is 4.70. The van der Waals surface area contributed by atoms with Crippen molar-refractivity contribution in [2.45, 2.75) is 44.1 Å². The summed E-state index contributed by atoms with van der Waals surface area (Å²) < 4.78 is 20.3. The number of nitrogens with one attached hydrogen (secondary N) is 1. The maximum Gasteiger partial charge on any atom is 0.407 e. The molecule has 1 aromatic rings. The number of ether oxygens (including phenoxy) is 1. The summed E-state index contributed by atoms with van der Waals surface area (Å²) in [5.74, 6) is -0.579. The van der Waals surface area contributed by atoms with E-state index in [4.69, 9.17) is 21.4 Å². The molecule has 3 aliphatic heterocycles. The molecule has 1 aromatic carbocycles. The van der Waals surface area contributed by atoms with Crippen molar-refractivity contribution in [2.24, 2.45) is 0 Å². The number of piperidine rings is 2. The molecule has 0 bridgehead atoms. The molecule has 0 aromatic heterocycles. The molecule has 2 atom stereocenters. The molecule has 0 unspecified atom stereocenters. The van der Waals surface area contributed by atoms with Crippen molar-refractivity contribution < 1.29 is 33.4 Å². The highest BCUT2D eigenvalue weighted by molar-refractivity contribution is 6.34. The molecular formula is C22H26ClFN4O6. The van der Waals surface area contributed by atoms with Crippen LogP contribution in [0.2, 0.25) is 5.02 Å². The molecule has 2 N–H and O–H groups in total. The molecule has 0 aliphatic carbocycles. The van der Waals surface area contributed by atoms with Crippen LogP contribution < -0.4 is 10.2 Å². The number of alkyl halides is 1. The van der Waals surface area contributed by atoms with Crippen molar-refractivity contribution in [3.63, 3.8) is 0 Å². The zero-order chi connectivity index (χ0) is 24.4. The van der Waals surface area contributed by atoms with Crippen LogP contribution in [0.4, 0.5) is 19.7 Å². The lowest BCUT2D eigenvalue weighted by Crippen LogP contribution is -2.50. The first-order valence-electron chi connectivity index (χ1n) is 11.2. The number of imide groups is 1. The molecule has 0 spiro atoms. The van der Waals surface area contributed by atoms with E-state index < -0.39 is 24.4 Å². The van der Waals surface area contributed by atoms with Crippen LogP contribution >= 0.6 is 11.6 Å². The van der Waals surface area contributed by atoms with E-state index in [9.17, 15) is 23.6 Å². The van der Waals surface area contributed by atoms with E-state index in [0.29, 0.717) is 48.6 Å². The number of carbonyl (C=O) groups is 4. The number of hydrogen-bond donors (Lipinski definition) is 2. The van der Waals surface area contributed by atoms with Gasteiger partial charge in [-0.05, 0) is 37.5 Å². The van der Waals surface area contributed by atoms with Crippen LogP contribution in [-0.4, -0.2) is 89.9 Å². The Morgan fingerprint density at radius 1 is 1.09 bits per heavy atom. The average molecular weight is 497 g/mol. The molecule has 34 heavy (non-hydrogen) atoms. The molecule has 5 amide bonds. The van der Waals surface area contributed by atoms with Gasteiger partial charge in [-0.1, -0.05) is 11.6 Å². The summed E-state index contributed by atoms with van der Waals surface area (Å²) in [4.78, 5) is 51.8. The van der Waals surface area contributed by atoms with Crippen molar-refractivity contribution in [1.82, 2.24) is 15.1 Å². The number of rotatable bonds is 4. The normalized spacial score (nSPS) is 24.2. The number of amides is 5. The number of halogens is 2. The van der Waals surface area contributed by atoms with Gasteiger partial charge >= 0.3 is 12.1 Å². The monoisotopic (exact) mass is 496 g/mol. The van der Waals surface area contributed by atoms with Gasteiger partial charge in [-0.15, -0.1) is 0 Å². The largest absolute Gasteiger partial charge is 0.465 e. The SMILES string of the molecule is O=C1CCN(c2cc(C(=O)N3CCC(O[C@@H]4CCN(C(=O)O)C[C@H]4F)CC3)ccc2Cl)C(=O)N1.